The molecular weight excluding hydrogens is 1100 g/mol. The highest BCUT2D eigenvalue weighted by Gasteiger charge is 2.70. The minimum Gasteiger partial charge on any atom is -0.390 e. The summed E-state index contributed by atoms with van der Waals surface area (Å²) in [5, 5.41) is 22.1. The molecule has 8 aliphatic heterocycles. The van der Waals surface area contributed by atoms with E-state index in [1.807, 2.05) is 34.6 Å². The lowest BCUT2D eigenvalue weighted by Gasteiger charge is -2.57. The van der Waals surface area contributed by atoms with Crippen molar-refractivity contribution in [3.63, 3.8) is 0 Å². The van der Waals surface area contributed by atoms with E-state index in [4.69, 9.17) is 90.0 Å². The van der Waals surface area contributed by atoms with Crippen molar-refractivity contribution in [3.05, 3.63) is 0 Å². The molecule has 1 spiro atoms. The van der Waals surface area contributed by atoms with Gasteiger partial charge in [0.15, 0.2) is 43.5 Å². The molecule has 0 aromatic carbocycles. The molecule has 3 aliphatic carbocycles. The predicted octanol–water partition coefficient (Wildman–Crippen LogP) is 6.01. The van der Waals surface area contributed by atoms with Gasteiger partial charge in [-0.2, -0.15) is 0 Å². The molecule has 3 saturated carbocycles. The predicted molar refractivity (Wildman–Crippen MR) is 296 cm³/mol. The van der Waals surface area contributed by atoms with Crippen LogP contribution in [0.4, 0.5) is 0 Å². The van der Waals surface area contributed by atoms with E-state index in [2.05, 4.69) is 20.8 Å². The largest absolute Gasteiger partial charge is 0.390 e. The molecule has 11 aliphatic rings. The zero-order valence-electron chi connectivity index (χ0n) is 52.3. The first-order valence-corrected chi connectivity index (χ1v) is 31.9. The standard InChI is InChI=1S/C62H102O22/c1-29-38-15-16-46(64)61(38,9)47-28-45-60(8)19-18-37(21-36(60)17-20-62(45,83-29)84-47)77-49-24-41(67-11)56(32(4)73-49)79-48-22-39(63)55(31(3)72-48)78-51-25-42(68-12)58(33(5)74-51)81-53-27-44(70-14)59(35(7)76-53)82-52-26-43(69-13)57(34(6)75-52)80-50-23-40(66-10)54(65)30(2)71-50/h29-45,47-59,63,65H,15-28H2,1-14H3/t29?,30-,31-,32-,33-,34-,35-,36?,37+,38-,39+,40-,41-,42-,43-,44-,45-,47?,48+,49+,50+,51+,52+,53+,54-,55-,56-,57-,58-,59-,60+,61-,62+/m1/s1. The van der Waals surface area contributed by atoms with Crippen molar-refractivity contribution < 1.29 is 105 Å². The van der Waals surface area contributed by atoms with Gasteiger partial charge in [0.1, 0.15) is 42.4 Å². The van der Waals surface area contributed by atoms with E-state index >= 15 is 0 Å². The van der Waals surface area contributed by atoms with Crippen LogP contribution >= 0.6 is 0 Å². The molecule has 11 fully saturated rings. The van der Waals surface area contributed by atoms with Crippen LogP contribution < -0.4 is 0 Å². The van der Waals surface area contributed by atoms with Crippen LogP contribution in [-0.4, -0.2) is 223 Å². The van der Waals surface area contributed by atoms with Gasteiger partial charge in [-0.05, 0) is 105 Å². The van der Waals surface area contributed by atoms with Crippen molar-refractivity contribution in [2.45, 2.75) is 324 Å². The molecule has 11 rings (SSSR count). The van der Waals surface area contributed by atoms with Crippen LogP contribution in [0.2, 0.25) is 0 Å². The second kappa shape index (κ2) is 26.2. The number of hydrogen-bond donors (Lipinski definition) is 2. The molecule has 0 radical (unpaired) electrons. The van der Waals surface area contributed by atoms with E-state index in [1.165, 1.54) is 0 Å². The average molecular weight is 1200 g/mol. The molecule has 22 nitrogen and oxygen atoms in total. The van der Waals surface area contributed by atoms with Crippen LogP contribution in [-0.2, 0) is 94.8 Å². The third-order valence-corrected chi connectivity index (χ3v) is 22.3. The summed E-state index contributed by atoms with van der Waals surface area (Å²) in [6, 6.07) is 0. The van der Waals surface area contributed by atoms with Crippen molar-refractivity contribution in [3.8, 4) is 0 Å². The SMILES string of the molecule is CO[C@@H]1C[C@H](O[C@@H]2[C@@H](C)O[C@@H](O[C@@H]3[C@@H](C)O[C@@H](O[C@@H]4[C@@H](C)O[C@@H](O[C@H]5[C@@H](O)C[C@H](O[C@@H]6[C@@H](C)O[C@@H](O[C@H]7CC[C@@]8(C)C(CC[C@@]9%10OC(C)[C@H]%11CCC(=O)[C@]%11(C)C(C[C@@H]98)O%10)C7)C[C@H]6OC)O[C@@H]5C)C[C@H]4OC)C[C@H]3OC)C[C@H]2OC)O[C@H](C)[C@H]1O. The summed E-state index contributed by atoms with van der Waals surface area (Å²) in [6.45, 7) is 18.2. The lowest BCUT2D eigenvalue weighted by atomic mass is 9.52. The fourth-order valence-corrected chi connectivity index (χ4v) is 17.5. The Morgan fingerprint density at radius 3 is 1.32 bits per heavy atom. The van der Waals surface area contributed by atoms with Gasteiger partial charge in [0.25, 0.3) is 0 Å². The van der Waals surface area contributed by atoms with Gasteiger partial charge in [0, 0.05) is 98.8 Å². The van der Waals surface area contributed by atoms with Crippen molar-refractivity contribution >= 4 is 5.78 Å². The number of carbonyl (C=O) groups excluding carboxylic acids is 1. The van der Waals surface area contributed by atoms with Crippen LogP contribution in [0.25, 0.3) is 0 Å². The molecule has 22 heteroatoms. The summed E-state index contributed by atoms with van der Waals surface area (Å²) in [6.07, 6.45) is -3.71. The molecule has 482 valence electrons. The first-order valence-electron chi connectivity index (χ1n) is 31.9. The van der Waals surface area contributed by atoms with Gasteiger partial charge in [-0.3, -0.25) is 4.79 Å². The maximum Gasteiger partial charge on any atom is 0.172 e. The minimum absolute atomic E-state index is 0.00995. The maximum atomic E-state index is 13.5. The van der Waals surface area contributed by atoms with Gasteiger partial charge < -0.3 is 100 Å². The molecule has 33 atom stereocenters. The van der Waals surface area contributed by atoms with E-state index in [0.29, 0.717) is 50.2 Å². The molecule has 0 amide bonds. The number of hydrogen-bond acceptors (Lipinski definition) is 22. The van der Waals surface area contributed by atoms with Crippen LogP contribution in [0.15, 0.2) is 0 Å². The summed E-state index contributed by atoms with van der Waals surface area (Å²) in [4.78, 5) is 13.5. The highest BCUT2D eigenvalue weighted by Crippen LogP contribution is 2.67. The summed E-state index contributed by atoms with van der Waals surface area (Å²) < 4.78 is 122. The number of rotatable bonds is 17. The number of ketones is 1. The Morgan fingerprint density at radius 2 is 0.857 bits per heavy atom. The van der Waals surface area contributed by atoms with Gasteiger partial charge in [0.2, 0.25) is 0 Å². The Kier molecular flexibility index (Phi) is 20.1. The lowest BCUT2D eigenvalue weighted by molar-refractivity contribution is -0.354. The highest BCUT2D eigenvalue weighted by atomic mass is 16.8. The van der Waals surface area contributed by atoms with Crippen molar-refractivity contribution in [2.24, 2.45) is 28.6 Å². The topological polar surface area (TPSA) is 233 Å². The molecule has 0 aromatic heterocycles. The van der Waals surface area contributed by atoms with E-state index < -0.39 is 141 Å². The van der Waals surface area contributed by atoms with Gasteiger partial charge in [-0.25, -0.2) is 0 Å². The zero-order valence-corrected chi connectivity index (χ0v) is 52.3. The Balaban J connectivity index is 0.623. The monoisotopic (exact) mass is 1200 g/mol. The summed E-state index contributed by atoms with van der Waals surface area (Å²) >= 11 is 0. The van der Waals surface area contributed by atoms with Crippen LogP contribution in [0, 0.1) is 28.6 Å². The summed E-state index contributed by atoms with van der Waals surface area (Å²) in [5.74, 6) is 0.613. The fourth-order valence-electron chi connectivity index (χ4n) is 17.5. The van der Waals surface area contributed by atoms with Crippen molar-refractivity contribution in [2.75, 3.05) is 35.5 Å². The van der Waals surface area contributed by atoms with Crippen LogP contribution in [0.3, 0.4) is 0 Å². The molecule has 84 heavy (non-hydrogen) atoms. The Bertz CT molecular complexity index is 2170. The molecule has 2 N–H and O–H groups in total. The second-order valence-electron chi connectivity index (χ2n) is 27.1. The van der Waals surface area contributed by atoms with Gasteiger partial charge in [0.05, 0.1) is 97.0 Å². The normalized spacial score (nSPS) is 54.3. The Labute approximate surface area is 497 Å². The molecular formula is C62H102O22. The third kappa shape index (κ3) is 12.4. The van der Waals surface area contributed by atoms with Gasteiger partial charge in [-0.15, -0.1) is 0 Å². The molecule has 0 aromatic rings. The average Bonchev–Trinajstić information content (AvgIpc) is 1.91. The smallest absolute Gasteiger partial charge is 0.172 e. The van der Waals surface area contributed by atoms with Crippen LogP contribution in [0.5, 0.6) is 0 Å². The number of ether oxygens (including phenoxy) is 19. The third-order valence-electron chi connectivity index (χ3n) is 22.3. The molecule has 8 saturated heterocycles. The fraction of sp³-hybridized carbons (Fsp3) is 0.984. The van der Waals surface area contributed by atoms with E-state index in [9.17, 15) is 15.0 Å². The highest BCUT2D eigenvalue weighted by molar-refractivity contribution is 5.88. The molecule has 8 heterocycles. The lowest BCUT2D eigenvalue weighted by Crippen LogP contribution is -2.58. The second-order valence-corrected chi connectivity index (χ2v) is 27.1. The summed E-state index contributed by atoms with van der Waals surface area (Å²) in [5.41, 5.74) is -0.459. The molecule has 3 unspecified atom stereocenters. The Hall–Kier alpha value is -1.17. The maximum absolute atomic E-state index is 13.5. The van der Waals surface area contributed by atoms with E-state index in [1.54, 1.807) is 42.5 Å². The summed E-state index contributed by atoms with van der Waals surface area (Å²) in [7, 11) is 8.18. The number of aliphatic hydroxyl groups is 2. The van der Waals surface area contributed by atoms with Gasteiger partial charge in [-0.1, -0.05) is 6.92 Å². The number of Topliss-reactive ketones (excluding diaryl/α,β-unsaturated/α-hetero) is 1. The minimum atomic E-state index is -0.924. The first kappa shape index (κ1) is 64.4. The van der Waals surface area contributed by atoms with E-state index in [0.717, 1.165) is 44.9 Å². The van der Waals surface area contributed by atoms with Crippen molar-refractivity contribution in [1.29, 1.82) is 0 Å². The number of methoxy groups -OCH3 is 5. The quantitative estimate of drug-likeness (QED) is 0.159. The Morgan fingerprint density at radius 1 is 0.440 bits per heavy atom. The molecule has 2 bridgehead atoms. The van der Waals surface area contributed by atoms with Crippen molar-refractivity contribution in [1.82, 2.24) is 0 Å². The first-order chi connectivity index (χ1) is 40.1. The van der Waals surface area contributed by atoms with Crippen LogP contribution in [0.1, 0.15) is 152 Å². The zero-order chi connectivity index (χ0) is 59.7. The number of fused-ring (bicyclic) bond motifs is 5. The number of aliphatic hydroxyl groups excluding tert-OH is 2. The van der Waals surface area contributed by atoms with E-state index in [-0.39, 0.29) is 60.3 Å². The van der Waals surface area contributed by atoms with Gasteiger partial charge >= 0.3 is 0 Å². The number of carbonyl (C=O) groups is 1.